The van der Waals surface area contributed by atoms with Crippen LogP contribution >= 0.6 is 0 Å². The number of H-pyrrole nitrogens is 2. The molecule has 0 spiro atoms. The zero-order valence-electron chi connectivity index (χ0n) is 39.9. The van der Waals surface area contributed by atoms with E-state index in [4.69, 9.17) is 9.97 Å². The van der Waals surface area contributed by atoms with Gasteiger partial charge in [-0.1, -0.05) is 167 Å². The minimum atomic E-state index is -1.20. The molecule has 2 aromatic carbocycles. The number of aliphatic hydroxyl groups is 2. The van der Waals surface area contributed by atoms with Crippen molar-refractivity contribution in [3.05, 3.63) is 107 Å². The molecule has 0 unspecified atom stereocenters. The quantitative estimate of drug-likeness (QED) is 0.0300. The summed E-state index contributed by atoms with van der Waals surface area (Å²) in [4.78, 5) is 18.0. The van der Waals surface area contributed by atoms with Gasteiger partial charge in [-0.25, -0.2) is 4.98 Å². The van der Waals surface area contributed by atoms with Crippen LogP contribution in [-0.2, 0) is 12.8 Å². The van der Waals surface area contributed by atoms with E-state index in [9.17, 15) is 20.4 Å². The zero-order chi connectivity index (χ0) is 46.1. The number of rotatable bonds is 26. The second-order valence-corrected chi connectivity index (χ2v) is 18.9. The first-order valence-corrected chi connectivity index (χ1v) is 25.8. The molecule has 8 heteroatoms. The first kappa shape index (κ1) is 48.7. The van der Waals surface area contributed by atoms with Crippen molar-refractivity contribution >= 4 is 34.2 Å². The Hall–Kier alpha value is -5.18. The van der Waals surface area contributed by atoms with Gasteiger partial charge in [-0.15, -0.1) is 0 Å². The van der Waals surface area contributed by atoms with Crippen LogP contribution in [0, 0.1) is 0 Å². The molecule has 352 valence electrons. The number of unbranched alkanes of at least 4 members (excludes halogenated alkanes) is 20. The molecule has 8 nitrogen and oxygen atoms in total. The highest BCUT2D eigenvalue weighted by molar-refractivity contribution is 5.97. The van der Waals surface area contributed by atoms with Crippen LogP contribution in [0.1, 0.15) is 201 Å². The highest BCUT2D eigenvalue weighted by atomic mass is 16.3. The third-order valence-electron chi connectivity index (χ3n) is 13.8. The minimum Gasteiger partial charge on any atom is -0.508 e. The van der Waals surface area contributed by atoms with Crippen LogP contribution in [0.25, 0.3) is 56.5 Å². The van der Waals surface area contributed by atoms with Gasteiger partial charge in [0, 0.05) is 38.8 Å². The number of phenolic OH excluding ortho intramolecular Hbond substituents is 2. The Bertz CT molecular complexity index is 2520. The smallest absolute Gasteiger partial charge is 0.128 e. The van der Waals surface area contributed by atoms with Gasteiger partial charge >= 0.3 is 0 Å². The van der Waals surface area contributed by atoms with Crippen molar-refractivity contribution in [1.82, 2.24) is 19.9 Å². The molecule has 5 aromatic rings. The van der Waals surface area contributed by atoms with E-state index in [1.165, 1.54) is 109 Å². The molecule has 2 aliphatic heterocycles. The summed E-state index contributed by atoms with van der Waals surface area (Å²) in [6.07, 6.45) is 30.2. The number of aromatic nitrogens is 4. The van der Waals surface area contributed by atoms with Crippen LogP contribution in [0.3, 0.4) is 0 Å². The van der Waals surface area contributed by atoms with Gasteiger partial charge in [0.25, 0.3) is 0 Å². The molecule has 2 atom stereocenters. The molecule has 5 heterocycles. The fourth-order valence-electron chi connectivity index (χ4n) is 10.1. The number of hydrogen-bond donors (Lipinski definition) is 6. The van der Waals surface area contributed by atoms with Gasteiger partial charge in [-0.3, -0.25) is 4.98 Å². The molecule has 0 saturated carbocycles. The first-order valence-electron chi connectivity index (χ1n) is 25.8. The molecule has 8 bridgehead atoms. The van der Waals surface area contributed by atoms with Crippen LogP contribution in [0.2, 0.25) is 0 Å². The molecule has 0 radical (unpaired) electrons. The van der Waals surface area contributed by atoms with Gasteiger partial charge in [0.15, 0.2) is 0 Å². The lowest BCUT2D eigenvalue weighted by Gasteiger charge is -2.13. The normalized spacial score (nSPS) is 14.7. The van der Waals surface area contributed by atoms with Gasteiger partial charge < -0.3 is 30.4 Å². The molecule has 3 aromatic heterocycles. The lowest BCUT2D eigenvalue weighted by atomic mass is 9.97. The maximum atomic E-state index is 12.1. The predicted octanol–water partition coefficient (Wildman–Crippen LogP) is 15.7. The van der Waals surface area contributed by atoms with E-state index >= 15 is 0 Å². The lowest BCUT2D eigenvalue weighted by Crippen LogP contribution is -2.08. The Morgan fingerprint density at radius 3 is 1.32 bits per heavy atom. The summed E-state index contributed by atoms with van der Waals surface area (Å²) in [5.41, 5.74) is 10.9. The van der Waals surface area contributed by atoms with E-state index in [0.29, 0.717) is 24.2 Å². The first-order chi connectivity index (χ1) is 32.4. The number of benzene rings is 2. The summed E-state index contributed by atoms with van der Waals surface area (Å²) in [5, 5.41) is 45.6. The highest BCUT2D eigenvalue weighted by Gasteiger charge is 2.34. The molecule has 66 heavy (non-hydrogen) atoms. The molecule has 7 rings (SSSR count). The lowest BCUT2D eigenvalue weighted by molar-refractivity contribution is 0.0244. The molecule has 0 amide bonds. The Morgan fingerprint density at radius 1 is 0.424 bits per heavy atom. The second kappa shape index (κ2) is 25.1. The Balaban J connectivity index is 1.31. The van der Waals surface area contributed by atoms with Crippen LogP contribution in [0.4, 0.5) is 0 Å². The van der Waals surface area contributed by atoms with E-state index in [0.717, 1.165) is 98.9 Å². The number of fused-ring (bicyclic) bond motifs is 8. The van der Waals surface area contributed by atoms with Gasteiger partial charge in [0.05, 0.1) is 22.8 Å². The zero-order valence-corrected chi connectivity index (χ0v) is 39.9. The number of aromatic amines is 2. The van der Waals surface area contributed by atoms with Crippen LogP contribution < -0.4 is 0 Å². The standard InChI is InChI=1S/C58H76N4O4/c1-3-5-7-9-11-13-15-17-19-21-23-31-45-47-33-35-49(59-47)53(41-27-25-29-43(63)39-41)51-37-38-52(61-51)54(42-28-26-30-44(64)40-42)50-36-34-48(60-50)46(56-58(66)57(65)55(45)62-56)32-24-22-20-18-16-14-12-10-8-6-4-2/h25-30,33-40,57-59,61,63-66H,3-24,31-32H2,1-2H3/t57-,58+/m0/s1. The predicted molar refractivity (Wildman–Crippen MR) is 274 cm³/mol. The summed E-state index contributed by atoms with van der Waals surface area (Å²) < 4.78 is 0. The van der Waals surface area contributed by atoms with Crippen LogP contribution in [0.15, 0.2) is 72.8 Å². The monoisotopic (exact) mass is 893 g/mol. The van der Waals surface area contributed by atoms with E-state index in [1.54, 1.807) is 24.3 Å². The van der Waals surface area contributed by atoms with Gasteiger partial charge in [0.2, 0.25) is 0 Å². The number of aromatic hydroxyl groups is 2. The summed E-state index contributed by atoms with van der Waals surface area (Å²) in [5.74, 6) is 0.316. The molecule has 0 aliphatic carbocycles. The fraction of sp³-hybridized carbons (Fsp3) is 0.483. The number of hydrogen-bond acceptors (Lipinski definition) is 6. The molecule has 6 N–H and O–H groups in total. The fourth-order valence-corrected chi connectivity index (χ4v) is 10.1. The topological polar surface area (TPSA) is 138 Å². The number of aliphatic hydroxyl groups excluding tert-OH is 2. The average molecular weight is 893 g/mol. The van der Waals surface area contributed by atoms with Crippen molar-refractivity contribution in [3.8, 4) is 33.8 Å². The van der Waals surface area contributed by atoms with E-state index in [1.807, 2.05) is 36.4 Å². The van der Waals surface area contributed by atoms with Crippen molar-refractivity contribution in [2.45, 2.75) is 180 Å². The summed E-state index contributed by atoms with van der Waals surface area (Å²) in [6.45, 7) is 4.53. The van der Waals surface area contributed by atoms with Crippen LogP contribution in [0.5, 0.6) is 11.5 Å². The van der Waals surface area contributed by atoms with Crippen molar-refractivity contribution in [2.75, 3.05) is 0 Å². The maximum absolute atomic E-state index is 12.1. The van der Waals surface area contributed by atoms with E-state index in [-0.39, 0.29) is 11.5 Å². The molecule has 0 saturated heterocycles. The Labute approximate surface area is 393 Å². The third kappa shape index (κ3) is 12.8. The van der Waals surface area contributed by atoms with Crippen molar-refractivity contribution in [1.29, 1.82) is 0 Å². The van der Waals surface area contributed by atoms with Crippen molar-refractivity contribution in [2.24, 2.45) is 0 Å². The van der Waals surface area contributed by atoms with Gasteiger partial charge in [-0.05, 0) is 103 Å². The molecule has 0 fully saturated rings. The SMILES string of the molecule is CCCCCCCCCCCCCc1c2nc(c(-c3cccc(O)c3)c3ccc([nH]3)c(-c3cccc(O)c3)c3ccc([nH]3)c(CCCCCCCCCCCCC)c3nc1[C@@H](O)[C@H]3O)C=C2. The summed E-state index contributed by atoms with van der Waals surface area (Å²) >= 11 is 0. The van der Waals surface area contributed by atoms with E-state index < -0.39 is 12.2 Å². The van der Waals surface area contributed by atoms with Gasteiger partial charge in [0.1, 0.15) is 23.7 Å². The maximum Gasteiger partial charge on any atom is 0.128 e. The van der Waals surface area contributed by atoms with Gasteiger partial charge in [-0.2, -0.15) is 0 Å². The summed E-state index contributed by atoms with van der Waals surface area (Å²) in [7, 11) is 0. The number of nitrogens with zero attached hydrogens (tertiary/aromatic N) is 2. The third-order valence-corrected chi connectivity index (χ3v) is 13.8. The second-order valence-electron chi connectivity index (χ2n) is 18.9. The summed E-state index contributed by atoms with van der Waals surface area (Å²) in [6, 6.07) is 22.8. The molecular formula is C58H76N4O4. The Morgan fingerprint density at radius 2 is 0.818 bits per heavy atom. The average Bonchev–Trinajstić information content (AvgIpc) is 4.15. The molecular weight excluding hydrogens is 817 g/mol. The van der Waals surface area contributed by atoms with Crippen LogP contribution in [-0.4, -0.2) is 40.4 Å². The number of phenols is 2. The highest BCUT2D eigenvalue weighted by Crippen LogP contribution is 2.41. The van der Waals surface area contributed by atoms with E-state index in [2.05, 4.69) is 48.1 Å². The number of nitrogens with one attached hydrogen (secondary N) is 2. The van der Waals surface area contributed by atoms with Crippen molar-refractivity contribution in [3.63, 3.8) is 0 Å². The number of aryl methyl sites for hydroxylation is 1. The largest absolute Gasteiger partial charge is 0.508 e. The minimum absolute atomic E-state index is 0.154. The Kier molecular flexibility index (Phi) is 18.5. The van der Waals surface area contributed by atoms with Crippen molar-refractivity contribution < 1.29 is 20.4 Å². The molecule has 2 aliphatic rings.